The number of nitrogens with zero attached hydrogens (tertiary/aromatic N) is 7. The van der Waals surface area contributed by atoms with Crippen LogP contribution in [0.1, 0.15) is 11.6 Å². The number of H-pyrrole nitrogens is 1. The van der Waals surface area contributed by atoms with Gasteiger partial charge in [0, 0.05) is 0 Å². The molecular formula is C20H22F2N10O8P2S3. The number of thioether (sulfide) groups is 1. The maximum absolute atomic E-state index is 16.0. The first kappa shape index (κ1) is 31.3. The molecule has 0 spiro atoms. The molecule has 25 heteroatoms. The molecule has 5 N–H and O–H groups in total. The second-order valence-corrected chi connectivity index (χ2v) is 17.2. The van der Waals surface area contributed by atoms with Crippen molar-refractivity contribution in [3.63, 3.8) is 0 Å². The van der Waals surface area contributed by atoms with E-state index in [4.69, 9.17) is 34.3 Å². The number of nitrogen functional groups attached to an aromatic ring is 2. The number of hydrogen-bond acceptors (Lipinski definition) is 16. The molecule has 7 rings (SSSR count). The van der Waals surface area contributed by atoms with Gasteiger partial charge in [0.15, 0.2) is 35.0 Å². The summed E-state index contributed by atoms with van der Waals surface area (Å²) >= 11 is 8.94. The molecule has 3 aliphatic heterocycles. The number of anilines is 2. The summed E-state index contributed by atoms with van der Waals surface area (Å²) in [6.07, 6.45) is -6.38. The van der Waals surface area contributed by atoms with Crippen molar-refractivity contribution >= 4 is 83.9 Å². The Kier molecular flexibility index (Phi) is 7.94. The van der Waals surface area contributed by atoms with E-state index in [1.54, 1.807) is 0 Å². The molecule has 18 nitrogen and oxygen atoms in total. The maximum atomic E-state index is 16.0. The topological polar surface area (TPSA) is 239 Å². The molecule has 0 unspecified atom stereocenters. The van der Waals surface area contributed by atoms with Gasteiger partial charge in [0.05, 0.1) is 31.1 Å². The predicted molar refractivity (Wildman–Crippen MR) is 161 cm³/mol. The van der Waals surface area contributed by atoms with E-state index in [9.17, 15) is 13.9 Å². The highest BCUT2D eigenvalue weighted by Gasteiger charge is 2.54. The SMILES string of the molecule is Nc1nc2c(ncn2[C@@H]2S[C@@H]3CO[P@@](=O)(S)O[C@H]4[C@H](F)[C@H](n5cnc6c(N)ncnc65)O[C@@H]4CO[P@@](=O)(S)O[C@@H]2[C@@H]3F)c(=O)[nH]1. The van der Waals surface area contributed by atoms with Gasteiger partial charge < -0.3 is 16.2 Å². The Hall–Kier alpha value is -2.33. The second-order valence-electron chi connectivity index (χ2n) is 10.0. The lowest BCUT2D eigenvalue weighted by molar-refractivity contribution is -0.0419. The third-order valence-corrected chi connectivity index (χ3v) is 12.0. The Morgan fingerprint density at radius 2 is 1.62 bits per heavy atom. The van der Waals surface area contributed by atoms with Gasteiger partial charge in [0.1, 0.15) is 41.7 Å². The molecule has 10 atom stereocenters. The van der Waals surface area contributed by atoms with E-state index in [0.29, 0.717) is 0 Å². The lowest BCUT2D eigenvalue weighted by Gasteiger charge is -2.26. The van der Waals surface area contributed by atoms with Crippen LogP contribution < -0.4 is 17.0 Å². The number of fused-ring (bicyclic) bond motifs is 5. The van der Waals surface area contributed by atoms with Crippen molar-refractivity contribution in [2.45, 2.75) is 47.5 Å². The summed E-state index contributed by atoms with van der Waals surface area (Å²) in [7, 11) is 0. The van der Waals surface area contributed by atoms with Crippen LogP contribution in [0.2, 0.25) is 0 Å². The van der Waals surface area contributed by atoms with Gasteiger partial charge in [-0.1, -0.05) is 24.5 Å². The molecule has 0 aromatic carbocycles. The number of aromatic amines is 1. The van der Waals surface area contributed by atoms with Crippen LogP contribution in [0, 0.1) is 0 Å². The number of nitrogens with one attached hydrogen (secondary N) is 1. The third kappa shape index (κ3) is 5.66. The molecular weight excluding hydrogens is 704 g/mol. The van der Waals surface area contributed by atoms with E-state index in [0.717, 1.165) is 18.1 Å². The van der Waals surface area contributed by atoms with E-state index in [1.807, 2.05) is 0 Å². The van der Waals surface area contributed by atoms with Crippen molar-refractivity contribution in [2.24, 2.45) is 0 Å². The van der Waals surface area contributed by atoms with E-state index < -0.39 is 79.9 Å². The summed E-state index contributed by atoms with van der Waals surface area (Å²) in [5, 5.41) is -2.18. The van der Waals surface area contributed by atoms with Crippen LogP contribution in [0.25, 0.3) is 22.3 Å². The highest BCUT2D eigenvalue weighted by atomic mass is 32.7. The van der Waals surface area contributed by atoms with Crippen molar-refractivity contribution in [2.75, 3.05) is 24.7 Å². The minimum absolute atomic E-state index is 0.00312. The minimum atomic E-state index is -4.43. The van der Waals surface area contributed by atoms with Crippen molar-refractivity contribution in [3.05, 3.63) is 29.3 Å². The molecule has 0 radical (unpaired) electrons. The summed E-state index contributed by atoms with van der Waals surface area (Å²) in [6, 6.07) is 0. The van der Waals surface area contributed by atoms with Crippen molar-refractivity contribution in [1.29, 1.82) is 0 Å². The van der Waals surface area contributed by atoms with Gasteiger partial charge in [-0.05, 0) is 0 Å². The van der Waals surface area contributed by atoms with E-state index >= 15 is 8.78 Å². The molecule has 3 saturated heterocycles. The number of imidazole rings is 2. The molecule has 3 aliphatic rings. The monoisotopic (exact) mass is 726 g/mol. The third-order valence-electron chi connectivity index (χ3n) is 7.23. The van der Waals surface area contributed by atoms with Gasteiger partial charge in [-0.15, -0.1) is 11.8 Å². The van der Waals surface area contributed by atoms with Gasteiger partial charge in [-0.25, -0.2) is 37.8 Å². The van der Waals surface area contributed by atoms with Gasteiger partial charge >= 0.3 is 13.6 Å². The van der Waals surface area contributed by atoms with Crippen LogP contribution in [-0.2, 0) is 32.0 Å². The average molecular weight is 727 g/mol. The Labute approximate surface area is 264 Å². The summed E-state index contributed by atoms with van der Waals surface area (Å²) in [4.78, 5) is 34.8. The highest BCUT2D eigenvalue weighted by Crippen LogP contribution is 2.62. The number of alkyl halides is 2. The predicted octanol–water partition coefficient (Wildman–Crippen LogP) is 2.20. The van der Waals surface area contributed by atoms with Gasteiger partial charge in [0.25, 0.3) is 5.56 Å². The lowest BCUT2D eigenvalue weighted by atomic mass is 10.1. The van der Waals surface area contributed by atoms with E-state index in [-0.39, 0.29) is 34.1 Å². The number of ether oxygens (including phenoxy) is 1. The largest absolute Gasteiger partial charge is 0.386 e. The van der Waals surface area contributed by atoms with Crippen LogP contribution in [0.3, 0.4) is 0 Å². The lowest BCUT2D eigenvalue weighted by Crippen LogP contribution is -2.33. The number of thiol groups is 2. The summed E-state index contributed by atoms with van der Waals surface area (Å²) in [6.45, 7) is -10.1. The summed E-state index contributed by atoms with van der Waals surface area (Å²) in [5.74, 6) is -0.178. The highest BCUT2D eigenvalue weighted by molar-refractivity contribution is 8.44. The number of halogens is 2. The summed E-state index contributed by atoms with van der Waals surface area (Å²) < 4.78 is 89.2. The van der Waals surface area contributed by atoms with Gasteiger partial charge in [-0.3, -0.25) is 37.0 Å². The Balaban J connectivity index is 1.21. The Morgan fingerprint density at radius 1 is 0.933 bits per heavy atom. The zero-order valence-corrected chi connectivity index (χ0v) is 26.7. The van der Waals surface area contributed by atoms with Crippen LogP contribution >= 0.6 is 49.9 Å². The molecule has 7 heterocycles. The smallest absolute Gasteiger partial charge is 0.382 e. The van der Waals surface area contributed by atoms with Crippen molar-refractivity contribution in [3.8, 4) is 0 Å². The number of hydrogen-bond donors (Lipinski definition) is 5. The van der Waals surface area contributed by atoms with Crippen LogP contribution in [0.15, 0.2) is 23.8 Å². The standard InChI is InChI=1S/C20H22F2N10O8P2S3/c21-8-7-2-37-42(35,44)39-12-6(38-18(9(12)22)31-4-27-10-14(23)25-3-26-15(10)31)1-36-41(34,43)40-13(8)19(45-7)32-5-28-11-16(32)29-20(24)30-17(11)33/h3-9,12-13,18-19H,1-2H2,(H,34,43)(H,35,44)(H2,23,25,26)(H3,24,29,30,33)/t6-,7-,8-,9+,12-,13-,18-,19-,41-,42-/m1/s1. The van der Waals surface area contributed by atoms with Crippen molar-refractivity contribution < 1.29 is 40.7 Å². The van der Waals surface area contributed by atoms with Crippen LogP contribution in [0.4, 0.5) is 20.5 Å². The van der Waals surface area contributed by atoms with E-state index in [2.05, 4.69) is 54.4 Å². The fraction of sp³-hybridized carbons (Fsp3) is 0.500. The molecule has 0 aliphatic carbocycles. The molecule has 4 aromatic heterocycles. The number of aromatic nitrogens is 8. The molecule has 45 heavy (non-hydrogen) atoms. The first-order chi connectivity index (χ1) is 21.3. The summed E-state index contributed by atoms with van der Waals surface area (Å²) in [5.41, 5.74) is 11.1. The maximum Gasteiger partial charge on any atom is 0.386 e. The average Bonchev–Trinajstić information content (AvgIpc) is 3.72. The quantitative estimate of drug-likeness (QED) is 0.147. The normalized spacial score (nSPS) is 37.7. The fourth-order valence-corrected chi connectivity index (χ4v) is 9.83. The Morgan fingerprint density at radius 3 is 2.40 bits per heavy atom. The number of rotatable bonds is 2. The zero-order valence-electron chi connectivity index (χ0n) is 22.3. The molecule has 3 fully saturated rings. The second kappa shape index (κ2) is 11.4. The first-order valence-corrected chi connectivity index (χ1v) is 19.2. The van der Waals surface area contributed by atoms with Gasteiger partial charge in [-0.2, -0.15) is 4.98 Å². The first-order valence-electron chi connectivity index (χ1n) is 12.9. The van der Waals surface area contributed by atoms with Crippen LogP contribution in [0.5, 0.6) is 0 Å². The van der Waals surface area contributed by atoms with E-state index in [1.165, 1.54) is 21.8 Å². The molecule has 2 bridgehead atoms. The molecule has 242 valence electrons. The number of nitrogens with two attached hydrogens (primary N) is 2. The zero-order chi connectivity index (χ0) is 31.8. The molecule has 0 amide bonds. The van der Waals surface area contributed by atoms with Crippen molar-refractivity contribution in [1.82, 2.24) is 39.0 Å². The Bertz CT molecular complexity index is 1950. The van der Waals surface area contributed by atoms with Crippen LogP contribution in [-0.4, -0.2) is 88.2 Å². The molecule has 0 saturated carbocycles. The fourth-order valence-electron chi connectivity index (χ4n) is 5.23. The minimum Gasteiger partial charge on any atom is -0.382 e. The molecule has 4 aromatic rings. The van der Waals surface area contributed by atoms with Gasteiger partial charge in [0.2, 0.25) is 5.95 Å².